The number of amides is 1. The van der Waals surface area contributed by atoms with Gasteiger partial charge in [0.05, 0.1) is 7.11 Å². The summed E-state index contributed by atoms with van der Waals surface area (Å²) in [5.41, 5.74) is 6.69. The number of hydrogen-bond donors (Lipinski definition) is 2. The highest BCUT2D eigenvalue weighted by molar-refractivity contribution is 6.04. The number of allylic oxidation sites excluding steroid dienone is 1. The summed E-state index contributed by atoms with van der Waals surface area (Å²) in [6.45, 7) is 9.20. The van der Waals surface area contributed by atoms with Gasteiger partial charge in [0.2, 0.25) is 0 Å². The Morgan fingerprint density at radius 2 is 1.82 bits per heavy atom. The molecule has 0 radical (unpaired) electrons. The summed E-state index contributed by atoms with van der Waals surface area (Å²) >= 11 is 0. The summed E-state index contributed by atoms with van der Waals surface area (Å²) in [5, 5.41) is 2.73. The third kappa shape index (κ3) is 5.48. The highest BCUT2D eigenvalue weighted by Crippen LogP contribution is 2.42. The van der Waals surface area contributed by atoms with Gasteiger partial charge in [-0.2, -0.15) is 0 Å². The molecule has 0 fully saturated rings. The van der Waals surface area contributed by atoms with Gasteiger partial charge in [-0.1, -0.05) is 55.5 Å². The molecule has 0 saturated carbocycles. The third-order valence-electron chi connectivity index (χ3n) is 6.88. The van der Waals surface area contributed by atoms with Crippen LogP contribution < -0.4 is 10.1 Å². The van der Waals surface area contributed by atoms with Crippen molar-refractivity contribution in [1.29, 1.82) is 0 Å². The number of aromatic amines is 1. The standard InChI is InChI=1S/C32H33F2N3O2/c1-7-12-22-17-26(39-6)28(25-16-10-9-13-19(25)3)20(4)27(22)30-35-21(5)29(37-30)31(38)36-24-15-11-14-23(18-24)32(33,34)8-2/h7,9-18H,8H2,1-6H3,(H,35,37)(H,36,38)/b12-7+. The van der Waals surface area contributed by atoms with Gasteiger partial charge in [0.1, 0.15) is 17.3 Å². The molecule has 0 spiro atoms. The number of hydrogen-bond acceptors (Lipinski definition) is 3. The van der Waals surface area contributed by atoms with E-state index in [4.69, 9.17) is 4.74 Å². The van der Waals surface area contributed by atoms with Gasteiger partial charge < -0.3 is 15.0 Å². The van der Waals surface area contributed by atoms with Crippen LogP contribution in [0.2, 0.25) is 0 Å². The van der Waals surface area contributed by atoms with Crippen LogP contribution in [0.3, 0.4) is 0 Å². The quantitative estimate of drug-likeness (QED) is 0.241. The van der Waals surface area contributed by atoms with E-state index in [0.717, 1.165) is 39.1 Å². The van der Waals surface area contributed by atoms with Crippen LogP contribution >= 0.6 is 0 Å². The molecule has 202 valence electrons. The SMILES string of the molecule is C/C=C/c1cc(OC)c(-c2ccccc2C)c(C)c1-c1nc(C(=O)Nc2cccc(C(F)(F)CC)c2)c(C)[nH]1. The number of nitrogens with one attached hydrogen (secondary N) is 2. The Hall–Kier alpha value is -4.26. The fraction of sp³-hybridized carbons (Fsp3) is 0.250. The number of H-pyrrole nitrogens is 1. The fourth-order valence-electron chi connectivity index (χ4n) is 4.81. The highest BCUT2D eigenvalue weighted by atomic mass is 19.3. The average molecular weight is 530 g/mol. The first-order chi connectivity index (χ1) is 18.6. The number of imidazole rings is 1. The molecule has 0 saturated heterocycles. The lowest BCUT2D eigenvalue weighted by atomic mass is 9.89. The third-order valence-corrected chi connectivity index (χ3v) is 6.88. The summed E-state index contributed by atoms with van der Waals surface area (Å²) in [6, 6.07) is 15.8. The molecule has 0 bridgehead atoms. The molecule has 0 aliphatic rings. The van der Waals surface area contributed by atoms with Crippen molar-refractivity contribution in [3.8, 4) is 28.3 Å². The van der Waals surface area contributed by atoms with Crippen molar-refractivity contribution in [2.75, 3.05) is 12.4 Å². The van der Waals surface area contributed by atoms with E-state index >= 15 is 0 Å². The number of rotatable bonds is 8. The van der Waals surface area contributed by atoms with Gasteiger partial charge in [-0.3, -0.25) is 4.79 Å². The van der Waals surface area contributed by atoms with Crippen molar-refractivity contribution in [1.82, 2.24) is 9.97 Å². The predicted octanol–water partition coefficient (Wildman–Crippen LogP) is 8.46. The van der Waals surface area contributed by atoms with Crippen LogP contribution in [-0.2, 0) is 5.92 Å². The number of anilines is 1. The summed E-state index contributed by atoms with van der Waals surface area (Å²) in [4.78, 5) is 21.2. The van der Waals surface area contributed by atoms with Gasteiger partial charge in [-0.05, 0) is 68.1 Å². The second kappa shape index (κ2) is 11.2. The molecule has 0 atom stereocenters. The molecule has 0 aliphatic heterocycles. The molecule has 0 unspecified atom stereocenters. The van der Waals surface area contributed by atoms with Crippen LogP contribution in [0.15, 0.2) is 60.7 Å². The molecule has 2 N–H and O–H groups in total. The van der Waals surface area contributed by atoms with Crippen molar-refractivity contribution in [2.24, 2.45) is 0 Å². The maximum Gasteiger partial charge on any atom is 0.276 e. The van der Waals surface area contributed by atoms with Gasteiger partial charge in [0.25, 0.3) is 11.8 Å². The van der Waals surface area contributed by atoms with E-state index < -0.39 is 11.8 Å². The van der Waals surface area contributed by atoms with Crippen LogP contribution in [0.4, 0.5) is 14.5 Å². The molecule has 0 aliphatic carbocycles. The number of methoxy groups -OCH3 is 1. The Balaban J connectivity index is 1.79. The van der Waals surface area contributed by atoms with E-state index in [9.17, 15) is 13.6 Å². The second-order valence-electron chi connectivity index (χ2n) is 9.51. The molecule has 3 aromatic carbocycles. The topological polar surface area (TPSA) is 67.0 Å². The maximum atomic E-state index is 14.2. The van der Waals surface area contributed by atoms with E-state index in [1.165, 1.54) is 25.1 Å². The Morgan fingerprint density at radius 3 is 2.49 bits per heavy atom. The summed E-state index contributed by atoms with van der Waals surface area (Å²) in [6.07, 6.45) is 3.59. The fourth-order valence-corrected chi connectivity index (χ4v) is 4.81. The number of aromatic nitrogens is 2. The van der Waals surface area contributed by atoms with Gasteiger partial charge in [0, 0.05) is 34.5 Å². The smallest absolute Gasteiger partial charge is 0.276 e. The summed E-state index contributed by atoms with van der Waals surface area (Å²) in [7, 11) is 1.65. The number of carbonyl (C=O) groups excluding carboxylic acids is 1. The van der Waals surface area contributed by atoms with Crippen molar-refractivity contribution in [3.05, 3.63) is 94.3 Å². The lowest BCUT2D eigenvalue weighted by Gasteiger charge is -2.19. The number of halogens is 2. The molecular weight excluding hydrogens is 496 g/mol. The number of benzene rings is 3. The minimum absolute atomic E-state index is 0.143. The van der Waals surface area contributed by atoms with Crippen molar-refractivity contribution < 1.29 is 18.3 Å². The zero-order chi connectivity index (χ0) is 28.3. The van der Waals surface area contributed by atoms with E-state index in [1.54, 1.807) is 20.1 Å². The van der Waals surface area contributed by atoms with Gasteiger partial charge in [-0.15, -0.1) is 0 Å². The van der Waals surface area contributed by atoms with Crippen molar-refractivity contribution in [3.63, 3.8) is 0 Å². The molecule has 1 amide bonds. The van der Waals surface area contributed by atoms with Gasteiger partial charge in [0.15, 0.2) is 0 Å². The maximum absolute atomic E-state index is 14.2. The lowest BCUT2D eigenvalue weighted by Crippen LogP contribution is -2.16. The zero-order valence-corrected chi connectivity index (χ0v) is 23.1. The highest BCUT2D eigenvalue weighted by Gasteiger charge is 2.29. The lowest BCUT2D eigenvalue weighted by molar-refractivity contribution is -0.00824. The first-order valence-corrected chi connectivity index (χ1v) is 12.9. The molecule has 4 rings (SSSR count). The Morgan fingerprint density at radius 1 is 1.08 bits per heavy atom. The van der Waals surface area contributed by atoms with E-state index in [1.807, 2.05) is 44.2 Å². The Labute approximate surface area is 228 Å². The van der Waals surface area contributed by atoms with Crippen LogP contribution in [0.1, 0.15) is 58.7 Å². The predicted molar refractivity (Wildman–Crippen MR) is 154 cm³/mol. The minimum atomic E-state index is -2.97. The summed E-state index contributed by atoms with van der Waals surface area (Å²) in [5.74, 6) is -2.18. The molecule has 1 aromatic heterocycles. The monoisotopic (exact) mass is 529 g/mol. The molecule has 4 aromatic rings. The van der Waals surface area contributed by atoms with Crippen LogP contribution in [0, 0.1) is 20.8 Å². The number of ether oxygens (including phenoxy) is 1. The molecule has 39 heavy (non-hydrogen) atoms. The van der Waals surface area contributed by atoms with E-state index in [-0.39, 0.29) is 23.4 Å². The zero-order valence-electron chi connectivity index (χ0n) is 23.1. The second-order valence-corrected chi connectivity index (χ2v) is 9.51. The number of carbonyl (C=O) groups is 1. The molecule has 1 heterocycles. The Kier molecular flexibility index (Phi) is 8.00. The molecule has 5 nitrogen and oxygen atoms in total. The van der Waals surface area contributed by atoms with Crippen molar-refractivity contribution >= 4 is 17.7 Å². The summed E-state index contributed by atoms with van der Waals surface area (Å²) < 4.78 is 34.2. The van der Waals surface area contributed by atoms with Crippen LogP contribution in [0.5, 0.6) is 5.75 Å². The average Bonchev–Trinajstić information content (AvgIpc) is 3.30. The van der Waals surface area contributed by atoms with Gasteiger partial charge in [-0.25, -0.2) is 13.8 Å². The first-order valence-electron chi connectivity index (χ1n) is 12.9. The first kappa shape index (κ1) is 27.8. The van der Waals surface area contributed by atoms with Crippen molar-refractivity contribution in [2.45, 2.75) is 47.0 Å². The normalized spacial score (nSPS) is 11.7. The number of nitrogens with zero attached hydrogens (tertiary/aromatic N) is 1. The van der Waals surface area contributed by atoms with E-state index in [2.05, 4.69) is 34.3 Å². The minimum Gasteiger partial charge on any atom is -0.496 e. The van der Waals surface area contributed by atoms with Crippen LogP contribution in [0.25, 0.3) is 28.6 Å². The van der Waals surface area contributed by atoms with Crippen LogP contribution in [-0.4, -0.2) is 23.0 Å². The Bertz CT molecular complexity index is 1550. The molecular formula is C32H33F2N3O2. The number of alkyl halides is 2. The molecule has 7 heteroatoms. The number of aryl methyl sites for hydroxylation is 2. The van der Waals surface area contributed by atoms with Gasteiger partial charge >= 0.3 is 0 Å². The largest absolute Gasteiger partial charge is 0.496 e. The van der Waals surface area contributed by atoms with E-state index in [0.29, 0.717) is 11.5 Å².